The summed E-state index contributed by atoms with van der Waals surface area (Å²) in [7, 11) is 0. The summed E-state index contributed by atoms with van der Waals surface area (Å²) in [6, 6.07) is 0.385. The van der Waals surface area contributed by atoms with Crippen LogP contribution in [0.3, 0.4) is 0 Å². The zero-order chi connectivity index (χ0) is 8.10. The lowest BCUT2D eigenvalue weighted by Crippen LogP contribution is -2.51. The van der Waals surface area contributed by atoms with E-state index in [1.54, 1.807) is 0 Å². The third-order valence-corrected chi connectivity index (χ3v) is 1.50. The number of hydrogen-bond acceptors (Lipinski definition) is 2. The average Bonchev–Trinajstić information content (AvgIpc) is 1.93. The highest BCUT2D eigenvalue weighted by Gasteiger charge is 2.17. The second-order valence-electron chi connectivity index (χ2n) is 2.65. The van der Waals surface area contributed by atoms with Gasteiger partial charge in [-0.2, -0.15) is 0 Å². The Balaban J connectivity index is 2.12. The van der Waals surface area contributed by atoms with Gasteiger partial charge in [-0.15, -0.1) is 0 Å². The number of guanidine groups is 1. The minimum atomic E-state index is 0.385. The number of nitrogens with zero attached hydrogens (tertiary/aromatic N) is 1. The van der Waals surface area contributed by atoms with Crippen LogP contribution in [0.1, 0.15) is 13.3 Å². The molecular weight excluding hydrogens is 142 g/mol. The predicted octanol–water partition coefficient (Wildman–Crippen LogP) is -0.300. The summed E-state index contributed by atoms with van der Waals surface area (Å²) in [5, 5.41) is 3.05. The molecule has 0 radical (unpaired) electrons. The Morgan fingerprint density at radius 2 is 2.45 bits per heavy atom. The van der Waals surface area contributed by atoms with Crippen LogP contribution in [-0.4, -0.2) is 31.8 Å². The van der Waals surface area contributed by atoms with Crippen LogP contribution in [-0.2, 0) is 4.74 Å². The lowest BCUT2D eigenvalue weighted by molar-refractivity contribution is 0.00307. The molecule has 0 spiro atoms. The standard InChI is InChI=1S/C7H15N3O/c1-2-3-9-7(8)10-6-4-11-5-6/h6H,2-5H2,1H3,(H3,8,9,10). The van der Waals surface area contributed by atoms with E-state index in [0.29, 0.717) is 12.0 Å². The fraction of sp³-hybridized carbons (Fsp3) is 0.857. The van der Waals surface area contributed by atoms with Crippen molar-refractivity contribution < 1.29 is 4.74 Å². The fourth-order valence-electron chi connectivity index (χ4n) is 0.806. The van der Waals surface area contributed by atoms with E-state index in [-0.39, 0.29) is 0 Å². The van der Waals surface area contributed by atoms with E-state index in [1.807, 2.05) is 0 Å². The summed E-state index contributed by atoms with van der Waals surface area (Å²) in [5.74, 6) is 0.542. The number of aliphatic imine (C=N–C) groups is 1. The predicted molar refractivity (Wildman–Crippen MR) is 44.5 cm³/mol. The van der Waals surface area contributed by atoms with Crippen molar-refractivity contribution >= 4 is 5.96 Å². The Morgan fingerprint density at radius 1 is 1.73 bits per heavy atom. The summed E-state index contributed by atoms with van der Waals surface area (Å²) in [6.07, 6.45) is 1.03. The molecule has 0 amide bonds. The summed E-state index contributed by atoms with van der Waals surface area (Å²) in [4.78, 5) is 4.09. The van der Waals surface area contributed by atoms with Crippen LogP contribution in [0.4, 0.5) is 0 Å². The molecule has 4 heteroatoms. The third-order valence-electron chi connectivity index (χ3n) is 1.50. The first-order valence-electron chi connectivity index (χ1n) is 3.97. The highest BCUT2D eigenvalue weighted by atomic mass is 16.5. The van der Waals surface area contributed by atoms with Gasteiger partial charge < -0.3 is 15.8 Å². The van der Waals surface area contributed by atoms with Gasteiger partial charge in [0.1, 0.15) is 0 Å². The van der Waals surface area contributed by atoms with Crippen LogP contribution in [0.25, 0.3) is 0 Å². The zero-order valence-corrected chi connectivity index (χ0v) is 6.84. The number of hydrogen-bond donors (Lipinski definition) is 2. The van der Waals surface area contributed by atoms with E-state index in [4.69, 9.17) is 10.5 Å². The van der Waals surface area contributed by atoms with Crippen LogP contribution in [0.2, 0.25) is 0 Å². The van der Waals surface area contributed by atoms with Gasteiger partial charge in [-0.1, -0.05) is 6.92 Å². The maximum Gasteiger partial charge on any atom is 0.188 e. The normalized spacial score (nSPS) is 19.5. The third kappa shape index (κ3) is 2.76. The Hall–Kier alpha value is -0.770. The molecule has 64 valence electrons. The number of nitrogens with one attached hydrogen (secondary N) is 1. The van der Waals surface area contributed by atoms with Gasteiger partial charge in [-0.05, 0) is 6.42 Å². The molecular formula is C7H15N3O. The Kier molecular flexibility index (Phi) is 3.16. The summed E-state index contributed by atoms with van der Waals surface area (Å²) < 4.78 is 4.97. The smallest absolute Gasteiger partial charge is 0.188 e. The van der Waals surface area contributed by atoms with Crippen molar-refractivity contribution in [2.75, 3.05) is 19.8 Å². The van der Waals surface area contributed by atoms with Crippen molar-refractivity contribution in [1.29, 1.82) is 0 Å². The van der Waals surface area contributed by atoms with Crippen molar-refractivity contribution in [1.82, 2.24) is 5.32 Å². The lowest BCUT2D eigenvalue weighted by atomic mass is 10.3. The molecule has 0 aromatic rings. The van der Waals surface area contributed by atoms with Crippen molar-refractivity contribution in [3.63, 3.8) is 0 Å². The van der Waals surface area contributed by atoms with Crippen LogP contribution in [0, 0.1) is 0 Å². The molecule has 0 aromatic carbocycles. The number of nitrogens with two attached hydrogens (primary N) is 1. The van der Waals surface area contributed by atoms with E-state index < -0.39 is 0 Å². The molecule has 0 atom stereocenters. The molecule has 0 aromatic heterocycles. The molecule has 1 heterocycles. The Labute approximate surface area is 66.8 Å². The average molecular weight is 157 g/mol. The van der Waals surface area contributed by atoms with Crippen molar-refractivity contribution in [2.24, 2.45) is 10.7 Å². The topological polar surface area (TPSA) is 59.6 Å². The molecule has 1 saturated heterocycles. The van der Waals surface area contributed by atoms with Gasteiger partial charge in [0.15, 0.2) is 5.96 Å². The van der Waals surface area contributed by atoms with Gasteiger partial charge in [0, 0.05) is 6.54 Å². The van der Waals surface area contributed by atoms with Gasteiger partial charge in [0.25, 0.3) is 0 Å². The monoisotopic (exact) mass is 157 g/mol. The summed E-state index contributed by atoms with van der Waals surface area (Å²) >= 11 is 0. The highest BCUT2D eigenvalue weighted by molar-refractivity contribution is 5.78. The minimum absolute atomic E-state index is 0.385. The number of ether oxygens (including phenoxy) is 1. The first-order chi connectivity index (χ1) is 5.33. The number of rotatable bonds is 3. The maximum atomic E-state index is 5.55. The quantitative estimate of drug-likeness (QED) is 0.437. The van der Waals surface area contributed by atoms with E-state index >= 15 is 0 Å². The molecule has 11 heavy (non-hydrogen) atoms. The van der Waals surface area contributed by atoms with Crippen LogP contribution in [0.5, 0.6) is 0 Å². The first kappa shape index (κ1) is 8.33. The summed E-state index contributed by atoms with van der Waals surface area (Å²) in [5.41, 5.74) is 5.55. The zero-order valence-electron chi connectivity index (χ0n) is 6.84. The molecule has 4 nitrogen and oxygen atoms in total. The second kappa shape index (κ2) is 4.18. The molecule has 0 bridgehead atoms. The molecule has 1 fully saturated rings. The van der Waals surface area contributed by atoms with Crippen molar-refractivity contribution in [2.45, 2.75) is 19.4 Å². The van der Waals surface area contributed by atoms with Gasteiger partial charge >= 0.3 is 0 Å². The van der Waals surface area contributed by atoms with Gasteiger partial charge in [0.2, 0.25) is 0 Å². The van der Waals surface area contributed by atoms with E-state index in [0.717, 1.165) is 26.2 Å². The largest absolute Gasteiger partial charge is 0.377 e. The van der Waals surface area contributed by atoms with Crippen LogP contribution < -0.4 is 11.1 Å². The molecule has 3 N–H and O–H groups in total. The highest BCUT2D eigenvalue weighted by Crippen LogP contribution is 1.98. The van der Waals surface area contributed by atoms with Crippen molar-refractivity contribution in [3.05, 3.63) is 0 Å². The van der Waals surface area contributed by atoms with Gasteiger partial charge in [0.05, 0.1) is 19.3 Å². The van der Waals surface area contributed by atoms with Crippen LogP contribution in [0.15, 0.2) is 4.99 Å². The molecule has 1 rings (SSSR count). The van der Waals surface area contributed by atoms with E-state index in [1.165, 1.54) is 0 Å². The Morgan fingerprint density at radius 3 is 2.91 bits per heavy atom. The minimum Gasteiger partial charge on any atom is -0.377 e. The first-order valence-corrected chi connectivity index (χ1v) is 3.97. The van der Waals surface area contributed by atoms with E-state index in [9.17, 15) is 0 Å². The molecule has 0 unspecified atom stereocenters. The van der Waals surface area contributed by atoms with Gasteiger partial charge in [-0.3, -0.25) is 4.99 Å². The van der Waals surface area contributed by atoms with Crippen LogP contribution >= 0.6 is 0 Å². The molecule has 0 aliphatic carbocycles. The second-order valence-corrected chi connectivity index (χ2v) is 2.65. The van der Waals surface area contributed by atoms with Crippen molar-refractivity contribution in [3.8, 4) is 0 Å². The molecule has 0 saturated carbocycles. The molecule has 1 aliphatic rings. The van der Waals surface area contributed by atoms with Gasteiger partial charge in [-0.25, -0.2) is 0 Å². The SMILES string of the molecule is CCCN=C(N)NC1COC1. The van der Waals surface area contributed by atoms with E-state index in [2.05, 4.69) is 17.2 Å². The maximum absolute atomic E-state index is 5.55. The lowest BCUT2D eigenvalue weighted by Gasteiger charge is -2.27. The fourth-order valence-corrected chi connectivity index (χ4v) is 0.806. The molecule has 1 aliphatic heterocycles. The Bertz CT molecular complexity index is 143. The summed E-state index contributed by atoms with van der Waals surface area (Å²) in [6.45, 7) is 4.38.